The van der Waals surface area contributed by atoms with Crippen LogP contribution in [0.4, 0.5) is 11.6 Å². The molecule has 3 heterocycles. The molecule has 5 rings (SSSR count). The van der Waals surface area contributed by atoms with E-state index in [1.165, 1.54) is 0 Å². The zero-order chi connectivity index (χ0) is 23.7. The van der Waals surface area contributed by atoms with Crippen LogP contribution in [0.5, 0.6) is 0 Å². The standard InChI is InChI=1S/C23H28N8O3/c1-13-16-11-25-29-18(16)6-5-17(13)27-23-28-22(30-31(23)2)14-4-7-19(20(8-14)33-3)34-12-21(32)26-15-9-24-10-15/h4-7,11,15,20,24H,8-10,12H2,1-3H3,(H,25,29)(H,26,32)(H,27,28,30). The number of fused-ring (bicyclic) bond motifs is 1. The van der Waals surface area contributed by atoms with Gasteiger partial charge in [0.25, 0.3) is 5.91 Å². The molecule has 4 N–H and O–H groups in total. The molecule has 1 atom stereocenters. The quantitative estimate of drug-likeness (QED) is 0.395. The highest BCUT2D eigenvalue weighted by atomic mass is 16.5. The van der Waals surface area contributed by atoms with E-state index >= 15 is 0 Å². The SMILES string of the molecule is COC1CC(c2nc(Nc3ccc4[nH]ncc4c3C)n(C)n2)=CC=C1OCC(=O)NC1CNC1. The van der Waals surface area contributed by atoms with E-state index in [-0.39, 0.29) is 24.7 Å². The normalized spacial score (nSPS) is 18.3. The minimum absolute atomic E-state index is 0.0401. The molecule has 178 valence electrons. The molecule has 2 aliphatic rings. The molecule has 1 aliphatic heterocycles. The van der Waals surface area contributed by atoms with Crippen LogP contribution in [0, 0.1) is 6.92 Å². The molecule has 1 unspecified atom stereocenters. The summed E-state index contributed by atoms with van der Waals surface area (Å²) in [5, 5.41) is 22.2. The maximum absolute atomic E-state index is 12.1. The van der Waals surface area contributed by atoms with Crippen LogP contribution < -0.4 is 16.0 Å². The minimum atomic E-state index is -0.316. The van der Waals surface area contributed by atoms with Gasteiger partial charge in [0.15, 0.2) is 12.4 Å². The Labute approximate surface area is 196 Å². The Kier molecular flexibility index (Phi) is 6.03. The molecule has 3 aromatic rings. The lowest BCUT2D eigenvalue weighted by atomic mass is 10.0. The predicted molar refractivity (Wildman–Crippen MR) is 127 cm³/mol. The van der Waals surface area contributed by atoms with Crippen molar-refractivity contribution in [3.63, 3.8) is 0 Å². The second-order valence-corrected chi connectivity index (χ2v) is 8.48. The zero-order valence-electron chi connectivity index (χ0n) is 19.4. The third kappa shape index (κ3) is 4.39. The van der Waals surface area contributed by atoms with E-state index in [0.29, 0.717) is 24.0 Å². The van der Waals surface area contributed by atoms with E-state index in [1.54, 1.807) is 11.8 Å². The molecule has 1 aliphatic carbocycles. The molecular formula is C23H28N8O3. The summed E-state index contributed by atoms with van der Waals surface area (Å²) in [4.78, 5) is 16.8. The third-order valence-corrected chi connectivity index (χ3v) is 6.16. The molecular weight excluding hydrogens is 436 g/mol. The van der Waals surface area contributed by atoms with Gasteiger partial charge in [0.1, 0.15) is 11.9 Å². The largest absolute Gasteiger partial charge is 0.485 e. The highest BCUT2D eigenvalue weighted by Gasteiger charge is 2.25. The summed E-state index contributed by atoms with van der Waals surface area (Å²) in [7, 11) is 3.47. The Morgan fingerprint density at radius 3 is 2.91 bits per heavy atom. The fourth-order valence-corrected chi connectivity index (χ4v) is 4.02. The van der Waals surface area contributed by atoms with Gasteiger partial charge in [-0.2, -0.15) is 10.1 Å². The highest BCUT2D eigenvalue weighted by molar-refractivity contribution is 5.87. The van der Waals surface area contributed by atoms with Gasteiger partial charge in [0.2, 0.25) is 5.95 Å². The van der Waals surface area contributed by atoms with Crippen molar-refractivity contribution in [3.05, 3.63) is 47.6 Å². The molecule has 0 bridgehead atoms. The maximum atomic E-state index is 12.1. The van der Waals surface area contributed by atoms with Crippen molar-refractivity contribution < 1.29 is 14.3 Å². The first-order valence-corrected chi connectivity index (χ1v) is 11.2. The van der Waals surface area contributed by atoms with Crippen molar-refractivity contribution in [1.82, 2.24) is 35.6 Å². The summed E-state index contributed by atoms with van der Waals surface area (Å²) < 4.78 is 13.1. The first kappa shape index (κ1) is 22.1. The molecule has 0 radical (unpaired) electrons. The summed E-state index contributed by atoms with van der Waals surface area (Å²) in [5.41, 5.74) is 3.93. The summed E-state index contributed by atoms with van der Waals surface area (Å²) >= 11 is 0. The smallest absolute Gasteiger partial charge is 0.258 e. The van der Waals surface area contributed by atoms with Crippen LogP contribution in [0.25, 0.3) is 16.5 Å². The van der Waals surface area contributed by atoms with E-state index in [4.69, 9.17) is 14.5 Å². The number of aromatic amines is 1. The Morgan fingerprint density at radius 2 is 2.15 bits per heavy atom. The number of carbonyl (C=O) groups is 1. The van der Waals surface area contributed by atoms with E-state index < -0.39 is 0 Å². The van der Waals surface area contributed by atoms with Gasteiger partial charge < -0.3 is 25.4 Å². The predicted octanol–water partition coefficient (Wildman–Crippen LogP) is 1.53. The topological polar surface area (TPSA) is 131 Å². The number of aryl methyl sites for hydroxylation is 2. The summed E-state index contributed by atoms with van der Waals surface area (Å²) in [6.07, 6.45) is 5.78. The molecule has 1 fully saturated rings. The number of nitrogens with one attached hydrogen (secondary N) is 4. The number of hydrogen-bond acceptors (Lipinski definition) is 8. The van der Waals surface area contributed by atoms with Crippen molar-refractivity contribution in [2.45, 2.75) is 25.5 Å². The molecule has 1 aromatic carbocycles. The van der Waals surface area contributed by atoms with Crippen molar-refractivity contribution in [2.75, 3.05) is 32.1 Å². The number of nitrogens with zero attached hydrogens (tertiary/aromatic N) is 4. The van der Waals surface area contributed by atoms with Crippen molar-refractivity contribution in [1.29, 1.82) is 0 Å². The zero-order valence-corrected chi connectivity index (χ0v) is 19.4. The molecule has 1 amide bonds. The second kappa shape index (κ2) is 9.27. The van der Waals surface area contributed by atoms with Crippen molar-refractivity contribution in [3.8, 4) is 0 Å². The summed E-state index contributed by atoms with van der Waals surface area (Å²) in [6.45, 7) is 3.60. The summed E-state index contributed by atoms with van der Waals surface area (Å²) in [5.74, 6) is 1.72. The molecule has 2 aromatic heterocycles. The number of carbonyl (C=O) groups excluding carboxylic acids is 1. The van der Waals surface area contributed by atoms with Crippen LogP contribution in [-0.2, 0) is 21.3 Å². The average Bonchev–Trinajstić information content (AvgIpc) is 3.44. The maximum Gasteiger partial charge on any atom is 0.258 e. The second-order valence-electron chi connectivity index (χ2n) is 8.48. The lowest BCUT2D eigenvalue weighted by molar-refractivity contribution is -0.126. The van der Waals surface area contributed by atoms with Gasteiger partial charge in [-0.05, 0) is 30.7 Å². The number of H-pyrrole nitrogens is 1. The van der Waals surface area contributed by atoms with Gasteiger partial charge in [-0.3, -0.25) is 9.89 Å². The molecule has 11 heteroatoms. The van der Waals surface area contributed by atoms with Gasteiger partial charge in [-0.15, -0.1) is 5.10 Å². The van der Waals surface area contributed by atoms with Crippen LogP contribution in [0.3, 0.4) is 0 Å². The van der Waals surface area contributed by atoms with E-state index in [9.17, 15) is 4.79 Å². The van der Waals surface area contributed by atoms with Gasteiger partial charge >= 0.3 is 0 Å². The number of hydrogen-bond donors (Lipinski definition) is 4. The number of allylic oxidation sites excluding steroid dienone is 2. The Balaban J connectivity index is 1.29. The monoisotopic (exact) mass is 464 g/mol. The fourth-order valence-electron chi connectivity index (χ4n) is 4.02. The minimum Gasteiger partial charge on any atom is -0.485 e. The Morgan fingerprint density at radius 1 is 1.29 bits per heavy atom. The number of rotatable bonds is 8. The first-order valence-electron chi connectivity index (χ1n) is 11.2. The van der Waals surface area contributed by atoms with Gasteiger partial charge in [0.05, 0.1) is 17.8 Å². The highest BCUT2D eigenvalue weighted by Crippen LogP contribution is 2.30. The van der Waals surface area contributed by atoms with Gasteiger partial charge in [-0.25, -0.2) is 4.68 Å². The van der Waals surface area contributed by atoms with E-state index in [0.717, 1.165) is 40.8 Å². The van der Waals surface area contributed by atoms with Crippen molar-refractivity contribution >= 4 is 34.0 Å². The Bertz CT molecular complexity index is 1270. The molecule has 0 spiro atoms. The van der Waals surface area contributed by atoms with Crippen LogP contribution in [0.2, 0.25) is 0 Å². The van der Waals surface area contributed by atoms with Crippen LogP contribution in [-0.4, -0.2) is 69.8 Å². The third-order valence-electron chi connectivity index (χ3n) is 6.16. The lowest BCUT2D eigenvalue weighted by Gasteiger charge is -2.28. The number of methoxy groups -OCH3 is 1. The molecule has 11 nitrogen and oxygen atoms in total. The van der Waals surface area contributed by atoms with Crippen LogP contribution >= 0.6 is 0 Å². The molecule has 1 saturated heterocycles. The van der Waals surface area contributed by atoms with Gasteiger partial charge in [-0.1, -0.05) is 6.08 Å². The molecule has 0 saturated carbocycles. The number of amides is 1. The van der Waals surface area contributed by atoms with Crippen molar-refractivity contribution in [2.24, 2.45) is 7.05 Å². The first-order chi connectivity index (χ1) is 16.5. The number of anilines is 2. The number of benzene rings is 1. The fraction of sp³-hybridized carbons (Fsp3) is 0.391. The van der Waals surface area contributed by atoms with Gasteiger partial charge in [0, 0.05) is 50.3 Å². The average molecular weight is 465 g/mol. The van der Waals surface area contributed by atoms with E-state index in [1.807, 2.05) is 44.5 Å². The Hall–Kier alpha value is -3.70. The number of aromatic nitrogens is 5. The molecule has 34 heavy (non-hydrogen) atoms. The summed E-state index contributed by atoms with van der Waals surface area (Å²) in [6, 6.07) is 4.16. The van der Waals surface area contributed by atoms with E-state index in [2.05, 4.69) is 31.2 Å². The number of ether oxygens (including phenoxy) is 2. The van der Waals surface area contributed by atoms with Crippen LogP contribution in [0.15, 0.2) is 36.2 Å². The lowest BCUT2D eigenvalue weighted by Crippen LogP contribution is -2.57. The van der Waals surface area contributed by atoms with Crippen LogP contribution in [0.1, 0.15) is 17.8 Å².